The number of hydrogen-bond acceptors (Lipinski definition) is 3. The normalized spacial score (nSPS) is 12.2. The first kappa shape index (κ1) is 13.1. The van der Waals surface area contributed by atoms with Crippen LogP contribution in [0.15, 0.2) is 29.2 Å². The Bertz CT molecular complexity index is 353. The second kappa shape index (κ2) is 6.55. The molecule has 16 heavy (non-hydrogen) atoms. The monoisotopic (exact) mass is 239 g/mol. The SMILES string of the molecule is Cc1ccccc1SCC(=O)NC[C@@H](C)O. The van der Waals surface area contributed by atoms with Crippen LogP contribution in [0.25, 0.3) is 0 Å². The van der Waals surface area contributed by atoms with Crippen molar-refractivity contribution in [3.05, 3.63) is 29.8 Å². The Morgan fingerprint density at radius 3 is 2.81 bits per heavy atom. The van der Waals surface area contributed by atoms with Gasteiger partial charge >= 0.3 is 0 Å². The van der Waals surface area contributed by atoms with Gasteiger partial charge in [-0.05, 0) is 25.5 Å². The summed E-state index contributed by atoms with van der Waals surface area (Å²) >= 11 is 1.51. The van der Waals surface area contributed by atoms with Gasteiger partial charge in [-0.25, -0.2) is 0 Å². The second-order valence-electron chi connectivity index (χ2n) is 3.71. The minimum atomic E-state index is -0.493. The number of aliphatic hydroxyl groups excluding tert-OH is 1. The summed E-state index contributed by atoms with van der Waals surface area (Å²) < 4.78 is 0. The van der Waals surface area contributed by atoms with E-state index in [-0.39, 0.29) is 5.91 Å². The Kier molecular flexibility index (Phi) is 5.35. The van der Waals surface area contributed by atoms with Crippen LogP contribution in [-0.2, 0) is 4.79 Å². The number of carbonyl (C=O) groups is 1. The van der Waals surface area contributed by atoms with E-state index < -0.39 is 6.10 Å². The molecule has 1 aromatic rings. The molecule has 0 unspecified atom stereocenters. The maximum atomic E-state index is 11.4. The van der Waals surface area contributed by atoms with Gasteiger partial charge in [0.15, 0.2) is 0 Å². The molecule has 0 heterocycles. The molecule has 2 N–H and O–H groups in total. The highest BCUT2D eigenvalue weighted by molar-refractivity contribution is 8.00. The van der Waals surface area contributed by atoms with Gasteiger partial charge in [0.2, 0.25) is 5.91 Å². The van der Waals surface area contributed by atoms with Gasteiger partial charge in [0.25, 0.3) is 0 Å². The second-order valence-corrected chi connectivity index (χ2v) is 4.72. The minimum Gasteiger partial charge on any atom is -0.392 e. The molecule has 0 aliphatic rings. The van der Waals surface area contributed by atoms with Crippen molar-refractivity contribution >= 4 is 17.7 Å². The molecule has 1 aromatic carbocycles. The van der Waals surface area contributed by atoms with E-state index in [0.717, 1.165) is 4.90 Å². The number of aliphatic hydroxyl groups is 1. The van der Waals surface area contributed by atoms with Gasteiger partial charge in [0, 0.05) is 11.4 Å². The van der Waals surface area contributed by atoms with Crippen molar-refractivity contribution in [3.8, 4) is 0 Å². The van der Waals surface area contributed by atoms with Gasteiger partial charge in [0.1, 0.15) is 0 Å². The van der Waals surface area contributed by atoms with Crippen LogP contribution in [-0.4, -0.2) is 29.4 Å². The molecule has 1 rings (SSSR count). The lowest BCUT2D eigenvalue weighted by Crippen LogP contribution is -2.31. The first-order valence-electron chi connectivity index (χ1n) is 5.23. The van der Waals surface area contributed by atoms with Gasteiger partial charge in [-0.15, -0.1) is 11.8 Å². The Morgan fingerprint density at radius 1 is 1.50 bits per heavy atom. The van der Waals surface area contributed by atoms with Crippen LogP contribution >= 0.6 is 11.8 Å². The van der Waals surface area contributed by atoms with Crippen LogP contribution in [0.1, 0.15) is 12.5 Å². The zero-order valence-electron chi connectivity index (χ0n) is 9.56. The lowest BCUT2D eigenvalue weighted by molar-refractivity contribution is -0.118. The number of carbonyl (C=O) groups excluding carboxylic acids is 1. The van der Waals surface area contributed by atoms with Crippen molar-refractivity contribution in [1.29, 1.82) is 0 Å². The Balaban J connectivity index is 2.35. The number of aryl methyl sites for hydroxylation is 1. The van der Waals surface area contributed by atoms with E-state index in [4.69, 9.17) is 5.11 Å². The number of thioether (sulfide) groups is 1. The molecule has 3 nitrogen and oxygen atoms in total. The lowest BCUT2D eigenvalue weighted by atomic mass is 10.2. The van der Waals surface area contributed by atoms with Crippen molar-refractivity contribution in [3.63, 3.8) is 0 Å². The number of nitrogens with one attached hydrogen (secondary N) is 1. The van der Waals surface area contributed by atoms with Gasteiger partial charge in [-0.1, -0.05) is 18.2 Å². The van der Waals surface area contributed by atoms with Crippen LogP contribution in [0.3, 0.4) is 0 Å². The molecule has 0 aliphatic heterocycles. The highest BCUT2D eigenvalue weighted by atomic mass is 32.2. The molecule has 0 aliphatic carbocycles. The van der Waals surface area contributed by atoms with Crippen LogP contribution in [0.2, 0.25) is 0 Å². The van der Waals surface area contributed by atoms with Crippen molar-refractivity contribution < 1.29 is 9.90 Å². The van der Waals surface area contributed by atoms with Crippen molar-refractivity contribution in [2.75, 3.05) is 12.3 Å². The molecule has 88 valence electrons. The fraction of sp³-hybridized carbons (Fsp3) is 0.417. The third-order valence-corrected chi connectivity index (χ3v) is 3.22. The summed E-state index contributed by atoms with van der Waals surface area (Å²) in [6.45, 7) is 3.98. The molecule has 4 heteroatoms. The van der Waals surface area contributed by atoms with Crippen LogP contribution < -0.4 is 5.32 Å². The van der Waals surface area contributed by atoms with Crippen LogP contribution in [0.5, 0.6) is 0 Å². The molecule has 0 radical (unpaired) electrons. The van der Waals surface area contributed by atoms with Gasteiger partial charge in [0.05, 0.1) is 11.9 Å². The quantitative estimate of drug-likeness (QED) is 0.767. The Labute approximate surface area is 100 Å². The third-order valence-electron chi connectivity index (χ3n) is 2.05. The van der Waals surface area contributed by atoms with E-state index in [2.05, 4.69) is 5.32 Å². The summed E-state index contributed by atoms with van der Waals surface area (Å²) in [6.07, 6.45) is -0.493. The summed E-state index contributed by atoms with van der Waals surface area (Å²) in [5, 5.41) is 11.7. The summed E-state index contributed by atoms with van der Waals surface area (Å²) in [7, 11) is 0. The first-order valence-corrected chi connectivity index (χ1v) is 6.21. The zero-order valence-corrected chi connectivity index (χ0v) is 10.4. The topological polar surface area (TPSA) is 49.3 Å². The first-order chi connectivity index (χ1) is 7.59. The fourth-order valence-corrected chi connectivity index (χ4v) is 2.03. The standard InChI is InChI=1S/C12H17NO2S/c1-9-5-3-4-6-11(9)16-8-12(15)13-7-10(2)14/h3-6,10,14H,7-8H2,1-2H3,(H,13,15)/t10-/m1/s1. The summed E-state index contributed by atoms with van der Waals surface area (Å²) in [4.78, 5) is 12.5. The molecular weight excluding hydrogens is 222 g/mol. The Morgan fingerprint density at radius 2 is 2.19 bits per heavy atom. The average Bonchev–Trinajstić information content (AvgIpc) is 2.25. The minimum absolute atomic E-state index is 0.0471. The van der Waals surface area contributed by atoms with Crippen molar-refractivity contribution in [2.24, 2.45) is 0 Å². The van der Waals surface area contributed by atoms with E-state index in [0.29, 0.717) is 12.3 Å². The maximum absolute atomic E-state index is 11.4. The molecule has 0 bridgehead atoms. The molecule has 0 spiro atoms. The summed E-state index contributed by atoms with van der Waals surface area (Å²) in [5.41, 5.74) is 1.18. The highest BCUT2D eigenvalue weighted by Crippen LogP contribution is 2.21. The number of amides is 1. The summed E-state index contributed by atoms with van der Waals surface area (Å²) in [6, 6.07) is 7.97. The number of hydrogen-bond donors (Lipinski definition) is 2. The van der Waals surface area contributed by atoms with Crippen LogP contribution in [0.4, 0.5) is 0 Å². The van der Waals surface area contributed by atoms with Gasteiger partial charge in [-0.2, -0.15) is 0 Å². The van der Waals surface area contributed by atoms with E-state index in [9.17, 15) is 4.79 Å². The number of benzene rings is 1. The molecule has 0 saturated heterocycles. The Hall–Kier alpha value is -1.00. The zero-order chi connectivity index (χ0) is 12.0. The lowest BCUT2D eigenvalue weighted by Gasteiger charge is -2.07. The molecule has 0 fully saturated rings. The molecule has 0 aromatic heterocycles. The van der Waals surface area contributed by atoms with E-state index in [1.54, 1.807) is 6.92 Å². The van der Waals surface area contributed by atoms with Crippen molar-refractivity contribution in [1.82, 2.24) is 5.32 Å². The molecule has 1 amide bonds. The predicted octanol–water partition coefficient (Wildman–Crippen LogP) is 1.58. The smallest absolute Gasteiger partial charge is 0.230 e. The van der Waals surface area contributed by atoms with Gasteiger partial charge < -0.3 is 10.4 Å². The maximum Gasteiger partial charge on any atom is 0.230 e. The average molecular weight is 239 g/mol. The largest absolute Gasteiger partial charge is 0.392 e. The van der Waals surface area contributed by atoms with Crippen LogP contribution in [0, 0.1) is 6.92 Å². The third kappa shape index (κ3) is 4.68. The predicted molar refractivity (Wildman–Crippen MR) is 66.6 cm³/mol. The number of rotatable bonds is 5. The molecular formula is C12H17NO2S. The highest BCUT2D eigenvalue weighted by Gasteiger charge is 2.05. The molecule has 1 atom stereocenters. The van der Waals surface area contributed by atoms with Crippen molar-refractivity contribution in [2.45, 2.75) is 24.8 Å². The summed E-state index contributed by atoms with van der Waals surface area (Å²) in [5.74, 6) is 0.339. The molecule has 0 saturated carbocycles. The van der Waals surface area contributed by atoms with Gasteiger partial charge in [-0.3, -0.25) is 4.79 Å². The van der Waals surface area contributed by atoms with E-state index in [1.807, 2.05) is 31.2 Å². The fourth-order valence-electron chi connectivity index (χ4n) is 1.17. The van der Waals surface area contributed by atoms with E-state index >= 15 is 0 Å². The van der Waals surface area contributed by atoms with E-state index in [1.165, 1.54) is 17.3 Å².